The second-order valence-electron chi connectivity index (χ2n) is 1.43. The van der Waals surface area contributed by atoms with E-state index in [1.807, 2.05) is 6.08 Å². The van der Waals surface area contributed by atoms with Crippen LogP contribution in [0.3, 0.4) is 0 Å². The molecule has 52 valence electrons. The fourth-order valence-corrected chi connectivity index (χ4v) is 0.561. The molecule has 0 rings (SSSR count). The van der Waals surface area contributed by atoms with Crippen molar-refractivity contribution in [2.45, 2.75) is 6.92 Å². The molecule has 0 bridgehead atoms. The molecule has 0 atom stereocenters. The fourth-order valence-electron chi connectivity index (χ4n) is 0.297. The van der Waals surface area contributed by atoms with Crippen molar-refractivity contribution < 1.29 is 9.53 Å². The summed E-state index contributed by atoms with van der Waals surface area (Å²) in [4.78, 5) is 10.1. The number of carbonyl (C=O) groups is 1. The second kappa shape index (κ2) is 5.82. The lowest BCUT2D eigenvalue weighted by Gasteiger charge is -1.92. The summed E-state index contributed by atoms with van der Waals surface area (Å²) in [5, 5.41) is 0.800. The molecule has 0 fully saturated rings. The number of ether oxygens (including phenoxy) is 1. The van der Waals surface area contributed by atoms with Gasteiger partial charge < -0.3 is 4.74 Å². The Labute approximate surface area is 63.0 Å². The number of allylic oxidation sites excluding steroid dienone is 1. The van der Waals surface area contributed by atoms with E-state index in [9.17, 15) is 4.79 Å². The van der Waals surface area contributed by atoms with Crippen LogP contribution < -0.4 is 0 Å². The largest absolute Gasteiger partial charge is 0.462 e. The average Bonchev–Trinajstić information content (AvgIpc) is 1.80. The molecule has 0 aromatic carbocycles. The van der Waals surface area contributed by atoms with E-state index >= 15 is 0 Å². The summed E-state index contributed by atoms with van der Waals surface area (Å²) in [7, 11) is 0. The van der Waals surface area contributed by atoms with Gasteiger partial charge in [-0.05, 0) is 0 Å². The summed E-state index contributed by atoms with van der Waals surface area (Å²) in [5.41, 5.74) is 0. The predicted molar refractivity (Wildman–Crippen MR) is 39.6 cm³/mol. The number of hydrogen-bond donors (Lipinski definition) is 0. The Morgan fingerprint density at radius 3 is 2.78 bits per heavy atom. The minimum Gasteiger partial charge on any atom is -0.462 e. The molecular formula is C6H9BrO2. The highest BCUT2D eigenvalue weighted by Gasteiger charge is 1.84. The molecule has 0 heterocycles. The number of alkyl halides is 1. The summed E-state index contributed by atoms with van der Waals surface area (Å²) in [5.74, 6) is -0.241. The van der Waals surface area contributed by atoms with Crippen LogP contribution in [-0.2, 0) is 9.53 Å². The molecule has 0 aliphatic rings. The van der Waals surface area contributed by atoms with E-state index in [4.69, 9.17) is 0 Å². The van der Waals surface area contributed by atoms with Crippen molar-refractivity contribution in [1.29, 1.82) is 0 Å². The third kappa shape index (κ3) is 7.69. The Morgan fingerprint density at radius 2 is 2.33 bits per heavy atom. The van der Waals surface area contributed by atoms with Crippen LogP contribution in [0.5, 0.6) is 0 Å². The maximum absolute atomic E-state index is 10.1. The molecule has 0 spiro atoms. The monoisotopic (exact) mass is 192 g/mol. The van der Waals surface area contributed by atoms with E-state index in [2.05, 4.69) is 20.7 Å². The average molecular weight is 193 g/mol. The first-order valence-electron chi connectivity index (χ1n) is 2.61. The van der Waals surface area contributed by atoms with Gasteiger partial charge in [-0.25, -0.2) is 0 Å². The van der Waals surface area contributed by atoms with E-state index in [-0.39, 0.29) is 5.97 Å². The standard InChI is InChI=1S/C6H9BrO2/c1-6(8)9-5-3-2-4-7/h2-3H,4-5H2,1H3. The van der Waals surface area contributed by atoms with Gasteiger partial charge in [-0.3, -0.25) is 4.79 Å². The lowest BCUT2D eigenvalue weighted by Crippen LogP contribution is -1.97. The summed E-state index contributed by atoms with van der Waals surface area (Å²) < 4.78 is 4.60. The summed E-state index contributed by atoms with van der Waals surface area (Å²) in [6.45, 7) is 1.77. The van der Waals surface area contributed by atoms with Crippen LogP contribution in [0.4, 0.5) is 0 Å². The van der Waals surface area contributed by atoms with E-state index in [0.717, 1.165) is 5.33 Å². The van der Waals surface area contributed by atoms with Crippen LogP contribution in [0.15, 0.2) is 12.2 Å². The molecule has 3 heteroatoms. The maximum Gasteiger partial charge on any atom is 0.302 e. The Hall–Kier alpha value is -0.310. The molecule has 0 saturated heterocycles. The van der Waals surface area contributed by atoms with Crippen molar-refractivity contribution in [3.8, 4) is 0 Å². The van der Waals surface area contributed by atoms with Crippen LogP contribution in [0.1, 0.15) is 6.92 Å². The van der Waals surface area contributed by atoms with E-state index in [1.165, 1.54) is 6.92 Å². The Morgan fingerprint density at radius 1 is 1.67 bits per heavy atom. The first-order valence-corrected chi connectivity index (χ1v) is 3.74. The van der Waals surface area contributed by atoms with Gasteiger partial charge in [0.2, 0.25) is 0 Å². The van der Waals surface area contributed by atoms with Crippen LogP contribution >= 0.6 is 15.9 Å². The van der Waals surface area contributed by atoms with Crippen molar-refractivity contribution in [3.63, 3.8) is 0 Å². The summed E-state index contributed by atoms with van der Waals surface area (Å²) >= 11 is 3.19. The third-order valence-corrected chi connectivity index (χ3v) is 1.01. The first-order chi connectivity index (χ1) is 4.27. The lowest BCUT2D eigenvalue weighted by atomic mass is 10.5. The van der Waals surface area contributed by atoms with E-state index in [0.29, 0.717) is 6.61 Å². The maximum atomic E-state index is 10.1. The number of carbonyl (C=O) groups excluding carboxylic acids is 1. The fraction of sp³-hybridized carbons (Fsp3) is 0.500. The Kier molecular flexibility index (Phi) is 5.62. The van der Waals surface area contributed by atoms with Crippen LogP contribution in [-0.4, -0.2) is 17.9 Å². The highest BCUT2D eigenvalue weighted by Crippen LogP contribution is 1.82. The Balaban J connectivity index is 3.09. The quantitative estimate of drug-likeness (QED) is 0.385. The Bertz CT molecular complexity index is 110. The van der Waals surface area contributed by atoms with Gasteiger partial charge in [-0.1, -0.05) is 28.1 Å². The van der Waals surface area contributed by atoms with Gasteiger partial charge in [0, 0.05) is 12.3 Å². The van der Waals surface area contributed by atoms with Crippen LogP contribution in [0, 0.1) is 0 Å². The molecule has 0 aromatic rings. The minimum absolute atomic E-state index is 0.241. The van der Waals surface area contributed by atoms with Gasteiger partial charge in [0.1, 0.15) is 6.61 Å². The molecular weight excluding hydrogens is 184 g/mol. The summed E-state index contributed by atoms with van der Waals surface area (Å²) in [6.07, 6.45) is 3.67. The topological polar surface area (TPSA) is 26.3 Å². The lowest BCUT2D eigenvalue weighted by molar-refractivity contribution is -0.139. The third-order valence-electron chi connectivity index (χ3n) is 0.639. The molecule has 0 radical (unpaired) electrons. The molecule has 9 heavy (non-hydrogen) atoms. The van der Waals surface area contributed by atoms with Crippen LogP contribution in [0.25, 0.3) is 0 Å². The molecule has 0 saturated carbocycles. The highest BCUT2D eigenvalue weighted by molar-refractivity contribution is 9.09. The smallest absolute Gasteiger partial charge is 0.302 e. The number of hydrogen-bond acceptors (Lipinski definition) is 2. The van der Waals surface area contributed by atoms with Crippen LogP contribution in [0.2, 0.25) is 0 Å². The van der Waals surface area contributed by atoms with E-state index < -0.39 is 0 Å². The number of rotatable bonds is 3. The van der Waals surface area contributed by atoms with Crippen molar-refractivity contribution in [2.24, 2.45) is 0 Å². The van der Waals surface area contributed by atoms with Gasteiger partial charge in [-0.2, -0.15) is 0 Å². The molecule has 0 aliphatic carbocycles. The van der Waals surface area contributed by atoms with Crippen molar-refractivity contribution in [1.82, 2.24) is 0 Å². The molecule has 0 N–H and O–H groups in total. The predicted octanol–water partition coefficient (Wildman–Crippen LogP) is 1.50. The van der Waals surface area contributed by atoms with Gasteiger partial charge in [0.25, 0.3) is 0 Å². The highest BCUT2D eigenvalue weighted by atomic mass is 79.9. The molecule has 2 nitrogen and oxygen atoms in total. The zero-order valence-electron chi connectivity index (χ0n) is 5.26. The normalized spacial score (nSPS) is 10.0. The van der Waals surface area contributed by atoms with Gasteiger partial charge in [0.15, 0.2) is 0 Å². The molecule has 0 aliphatic heterocycles. The van der Waals surface area contributed by atoms with Crippen molar-refractivity contribution in [2.75, 3.05) is 11.9 Å². The number of esters is 1. The molecule has 0 unspecified atom stereocenters. The number of halogens is 1. The zero-order chi connectivity index (χ0) is 7.11. The van der Waals surface area contributed by atoms with Gasteiger partial charge in [-0.15, -0.1) is 0 Å². The summed E-state index contributed by atoms with van der Waals surface area (Å²) in [6, 6.07) is 0. The van der Waals surface area contributed by atoms with Gasteiger partial charge >= 0.3 is 5.97 Å². The van der Waals surface area contributed by atoms with Crippen molar-refractivity contribution >= 4 is 21.9 Å². The minimum atomic E-state index is -0.241. The second-order valence-corrected chi connectivity index (χ2v) is 2.08. The van der Waals surface area contributed by atoms with E-state index in [1.54, 1.807) is 6.08 Å². The van der Waals surface area contributed by atoms with Crippen molar-refractivity contribution in [3.05, 3.63) is 12.2 Å². The van der Waals surface area contributed by atoms with Gasteiger partial charge in [0.05, 0.1) is 0 Å². The zero-order valence-corrected chi connectivity index (χ0v) is 6.85. The SMILES string of the molecule is CC(=O)OCC=CCBr. The molecule has 0 amide bonds. The first kappa shape index (κ1) is 8.69. The molecule has 0 aromatic heterocycles.